The van der Waals surface area contributed by atoms with Gasteiger partial charge < -0.3 is 5.11 Å². The summed E-state index contributed by atoms with van der Waals surface area (Å²) in [5.41, 5.74) is 2.81. The van der Waals surface area contributed by atoms with Crippen molar-refractivity contribution in [1.82, 2.24) is 9.97 Å². The average Bonchev–Trinajstić information content (AvgIpc) is 2.40. The maximum Gasteiger partial charge on any atom is 0.115 e. The van der Waals surface area contributed by atoms with E-state index in [4.69, 9.17) is 0 Å². The van der Waals surface area contributed by atoms with Crippen molar-refractivity contribution >= 4 is 0 Å². The maximum atomic E-state index is 10.1. The molecule has 1 N–H and O–H groups in total. The molecule has 0 fully saturated rings. The standard InChI is InChI=1S/C14H16N2O/c1-2-12-8-13(16-10-15-12)9-14(17)11-6-4-3-5-7-11/h3-8,10,14,17H,2,9H2,1H3. The van der Waals surface area contributed by atoms with Crippen molar-refractivity contribution in [2.24, 2.45) is 0 Å². The van der Waals surface area contributed by atoms with Crippen molar-refractivity contribution in [3.63, 3.8) is 0 Å². The van der Waals surface area contributed by atoms with Crippen LogP contribution >= 0.6 is 0 Å². The van der Waals surface area contributed by atoms with Gasteiger partial charge >= 0.3 is 0 Å². The summed E-state index contributed by atoms with van der Waals surface area (Å²) in [7, 11) is 0. The molecule has 88 valence electrons. The van der Waals surface area contributed by atoms with E-state index in [9.17, 15) is 5.11 Å². The highest BCUT2D eigenvalue weighted by atomic mass is 16.3. The number of hydrogen-bond donors (Lipinski definition) is 1. The van der Waals surface area contributed by atoms with E-state index in [1.165, 1.54) is 0 Å². The van der Waals surface area contributed by atoms with Gasteiger partial charge in [0.1, 0.15) is 6.33 Å². The van der Waals surface area contributed by atoms with Gasteiger partial charge in [-0.15, -0.1) is 0 Å². The van der Waals surface area contributed by atoms with Crippen molar-refractivity contribution in [2.45, 2.75) is 25.9 Å². The zero-order chi connectivity index (χ0) is 12.1. The molecule has 3 nitrogen and oxygen atoms in total. The third-order valence-electron chi connectivity index (χ3n) is 2.73. The smallest absolute Gasteiger partial charge is 0.115 e. The fraction of sp³-hybridized carbons (Fsp3) is 0.286. The molecule has 0 saturated heterocycles. The van der Waals surface area contributed by atoms with Crippen molar-refractivity contribution in [1.29, 1.82) is 0 Å². The van der Waals surface area contributed by atoms with Crippen LogP contribution in [0.4, 0.5) is 0 Å². The Hall–Kier alpha value is -1.74. The highest BCUT2D eigenvalue weighted by Gasteiger charge is 2.09. The van der Waals surface area contributed by atoms with Gasteiger partial charge in [-0.2, -0.15) is 0 Å². The molecule has 1 heterocycles. The first kappa shape index (κ1) is 11.7. The number of nitrogens with zero attached hydrogens (tertiary/aromatic N) is 2. The molecule has 0 saturated carbocycles. The first-order valence-electron chi connectivity index (χ1n) is 5.82. The van der Waals surface area contributed by atoms with Gasteiger partial charge in [0.2, 0.25) is 0 Å². The second-order valence-electron chi connectivity index (χ2n) is 3.98. The van der Waals surface area contributed by atoms with Crippen LogP contribution < -0.4 is 0 Å². The summed E-state index contributed by atoms with van der Waals surface area (Å²) in [5, 5.41) is 10.1. The summed E-state index contributed by atoms with van der Waals surface area (Å²) in [6.07, 6.45) is 2.47. The molecule has 17 heavy (non-hydrogen) atoms. The average molecular weight is 228 g/mol. The van der Waals surface area contributed by atoms with Crippen LogP contribution in [0.15, 0.2) is 42.7 Å². The van der Waals surface area contributed by atoms with Crippen LogP contribution in [-0.2, 0) is 12.8 Å². The summed E-state index contributed by atoms with van der Waals surface area (Å²) in [6, 6.07) is 11.6. The zero-order valence-electron chi connectivity index (χ0n) is 9.87. The van der Waals surface area contributed by atoms with E-state index in [-0.39, 0.29) is 0 Å². The lowest BCUT2D eigenvalue weighted by atomic mass is 10.0. The lowest BCUT2D eigenvalue weighted by molar-refractivity contribution is 0.177. The van der Waals surface area contributed by atoms with Crippen LogP contribution in [0.5, 0.6) is 0 Å². The van der Waals surface area contributed by atoms with Crippen LogP contribution in [-0.4, -0.2) is 15.1 Å². The minimum absolute atomic E-state index is 0.504. The van der Waals surface area contributed by atoms with E-state index in [1.54, 1.807) is 6.33 Å². The minimum atomic E-state index is -0.504. The van der Waals surface area contributed by atoms with E-state index >= 15 is 0 Å². The lowest BCUT2D eigenvalue weighted by Crippen LogP contribution is -2.04. The molecule has 1 atom stereocenters. The van der Waals surface area contributed by atoms with Gasteiger partial charge in [-0.05, 0) is 18.1 Å². The molecule has 0 bridgehead atoms. The fourth-order valence-corrected chi connectivity index (χ4v) is 1.74. The molecular formula is C14H16N2O. The number of benzene rings is 1. The van der Waals surface area contributed by atoms with Crippen LogP contribution in [0, 0.1) is 0 Å². The molecule has 2 rings (SSSR count). The summed E-state index contributed by atoms with van der Waals surface area (Å²) in [4.78, 5) is 8.33. The predicted molar refractivity (Wildman–Crippen MR) is 66.5 cm³/mol. The minimum Gasteiger partial charge on any atom is -0.388 e. The highest BCUT2D eigenvalue weighted by Crippen LogP contribution is 2.16. The Kier molecular flexibility index (Phi) is 3.83. The topological polar surface area (TPSA) is 46.0 Å². The van der Waals surface area contributed by atoms with Gasteiger partial charge in [0, 0.05) is 17.8 Å². The molecule has 0 aliphatic rings. The van der Waals surface area contributed by atoms with Crippen molar-refractivity contribution < 1.29 is 5.11 Å². The van der Waals surface area contributed by atoms with Gasteiger partial charge in [-0.1, -0.05) is 37.3 Å². The normalized spacial score (nSPS) is 12.4. The van der Waals surface area contributed by atoms with Gasteiger partial charge in [0.05, 0.1) is 6.10 Å². The van der Waals surface area contributed by atoms with Gasteiger partial charge in [0.15, 0.2) is 0 Å². The molecule has 0 spiro atoms. The van der Waals surface area contributed by atoms with E-state index in [0.29, 0.717) is 6.42 Å². The Morgan fingerprint density at radius 2 is 1.82 bits per heavy atom. The van der Waals surface area contributed by atoms with Crippen molar-refractivity contribution in [3.05, 3.63) is 59.7 Å². The number of hydrogen-bond acceptors (Lipinski definition) is 3. The van der Waals surface area contributed by atoms with E-state index in [2.05, 4.69) is 16.9 Å². The molecule has 1 aromatic heterocycles. The first-order chi connectivity index (χ1) is 8.29. The SMILES string of the molecule is CCc1cc(CC(O)c2ccccc2)ncn1. The fourth-order valence-electron chi connectivity index (χ4n) is 1.74. The number of aliphatic hydroxyl groups is 1. The predicted octanol–water partition coefficient (Wildman–Crippen LogP) is 2.32. The molecule has 1 unspecified atom stereocenters. The molecule has 0 aliphatic carbocycles. The first-order valence-corrected chi connectivity index (χ1v) is 5.82. The van der Waals surface area contributed by atoms with Crippen molar-refractivity contribution in [2.75, 3.05) is 0 Å². The number of rotatable bonds is 4. The van der Waals surface area contributed by atoms with E-state index in [0.717, 1.165) is 23.4 Å². The lowest BCUT2D eigenvalue weighted by Gasteiger charge is -2.10. The highest BCUT2D eigenvalue weighted by molar-refractivity contribution is 5.19. The van der Waals surface area contributed by atoms with Gasteiger partial charge in [-0.25, -0.2) is 9.97 Å². The second-order valence-corrected chi connectivity index (χ2v) is 3.98. The van der Waals surface area contributed by atoms with Crippen LogP contribution in [0.1, 0.15) is 30.0 Å². The number of aliphatic hydroxyl groups excluding tert-OH is 1. The van der Waals surface area contributed by atoms with E-state index < -0.39 is 6.10 Å². The third-order valence-corrected chi connectivity index (χ3v) is 2.73. The molecular weight excluding hydrogens is 212 g/mol. The Bertz CT molecular complexity index is 471. The second kappa shape index (κ2) is 5.55. The summed E-state index contributed by atoms with van der Waals surface area (Å²) < 4.78 is 0. The van der Waals surface area contributed by atoms with Gasteiger partial charge in [-0.3, -0.25) is 0 Å². The Labute approximate surface area is 101 Å². The molecule has 2 aromatic rings. The molecule has 0 amide bonds. The van der Waals surface area contributed by atoms with Crippen LogP contribution in [0.2, 0.25) is 0 Å². The van der Waals surface area contributed by atoms with Crippen LogP contribution in [0.25, 0.3) is 0 Å². The maximum absolute atomic E-state index is 10.1. The largest absolute Gasteiger partial charge is 0.388 e. The summed E-state index contributed by atoms with van der Waals surface area (Å²) in [5.74, 6) is 0. The number of aryl methyl sites for hydroxylation is 1. The number of aromatic nitrogens is 2. The molecule has 3 heteroatoms. The Balaban J connectivity index is 2.10. The van der Waals surface area contributed by atoms with E-state index in [1.807, 2.05) is 36.4 Å². The molecule has 0 radical (unpaired) electrons. The monoisotopic (exact) mass is 228 g/mol. The van der Waals surface area contributed by atoms with Crippen molar-refractivity contribution in [3.8, 4) is 0 Å². The Morgan fingerprint density at radius 3 is 2.53 bits per heavy atom. The Morgan fingerprint density at radius 1 is 1.12 bits per heavy atom. The summed E-state index contributed by atoms with van der Waals surface area (Å²) >= 11 is 0. The quantitative estimate of drug-likeness (QED) is 0.873. The third kappa shape index (κ3) is 3.11. The molecule has 1 aromatic carbocycles. The van der Waals surface area contributed by atoms with Gasteiger partial charge in [0.25, 0.3) is 0 Å². The zero-order valence-corrected chi connectivity index (χ0v) is 9.87. The summed E-state index contributed by atoms with van der Waals surface area (Å²) in [6.45, 7) is 2.06. The van der Waals surface area contributed by atoms with Crippen LogP contribution in [0.3, 0.4) is 0 Å². The molecule has 0 aliphatic heterocycles.